The third-order valence-electron chi connectivity index (χ3n) is 4.67. The van der Waals surface area contributed by atoms with Crippen LogP contribution in [0.5, 0.6) is 0 Å². The van der Waals surface area contributed by atoms with Gasteiger partial charge in [-0.15, -0.1) is 12.4 Å². The van der Waals surface area contributed by atoms with Crippen molar-refractivity contribution in [2.24, 2.45) is 0 Å². The lowest BCUT2D eigenvalue weighted by molar-refractivity contribution is 0.0734. The maximum atomic E-state index is 13.6. The van der Waals surface area contributed by atoms with Crippen molar-refractivity contribution in [3.63, 3.8) is 0 Å². The number of nitrogens with one attached hydrogen (secondary N) is 1. The molecule has 1 unspecified atom stereocenters. The SMILES string of the molecule is Cl.Fc1cccc(C2(c3nc(C4COCCN4)no3)CCC2)c1. The largest absolute Gasteiger partial charge is 0.378 e. The summed E-state index contributed by atoms with van der Waals surface area (Å²) in [6, 6.07) is 6.67. The van der Waals surface area contributed by atoms with Gasteiger partial charge in [0, 0.05) is 6.54 Å². The van der Waals surface area contributed by atoms with Crippen LogP contribution in [0.4, 0.5) is 4.39 Å². The minimum absolute atomic E-state index is 0. The second-order valence-corrected chi connectivity index (χ2v) is 5.99. The van der Waals surface area contributed by atoms with Crippen LogP contribution >= 0.6 is 12.4 Å². The fraction of sp³-hybridized carbons (Fsp3) is 0.500. The van der Waals surface area contributed by atoms with Crippen molar-refractivity contribution in [2.75, 3.05) is 19.8 Å². The smallest absolute Gasteiger partial charge is 0.237 e. The minimum Gasteiger partial charge on any atom is -0.378 e. The normalized spacial score (nSPS) is 22.9. The van der Waals surface area contributed by atoms with Crippen LogP contribution in [0.2, 0.25) is 0 Å². The molecule has 4 rings (SSSR count). The average Bonchev–Trinajstić information content (AvgIpc) is 2.97. The van der Waals surface area contributed by atoms with E-state index in [0.29, 0.717) is 24.9 Å². The number of nitrogens with zero attached hydrogens (tertiary/aromatic N) is 2. The molecule has 0 spiro atoms. The van der Waals surface area contributed by atoms with Crippen molar-refractivity contribution in [3.05, 3.63) is 47.4 Å². The van der Waals surface area contributed by atoms with E-state index in [1.54, 1.807) is 12.1 Å². The summed E-state index contributed by atoms with van der Waals surface area (Å²) in [5.74, 6) is 0.981. The lowest BCUT2D eigenvalue weighted by Crippen LogP contribution is -2.37. The van der Waals surface area contributed by atoms with E-state index in [1.165, 1.54) is 6.07 Å². The van der Waals surface area contributed by atoms with Gasteiger partial charge >= 0.3 is 0 Å². The van der Waals surface area contributed by atoms with Gasteiger partial charge in [-0.2, -0.15) is 4.98 Å². The number of rotatable bonds is 3. The molecule has 2 aromatic rings. The highest BCUT2D eigenvalue weighted by molar-refractivity contribution is 5.85. The Bertz CT molecular complexity index is 669. The second-order valence-electron chi connectivity index (χ2n) is 5.99. The third-order valence-corrected chi connectivity index (χ3v) is 4.67. The molecule has 1 atom stereocenters. The fourth-order valence-electron chi connectivity index (χ4n) is 3.24. The molecule has 7 heteroatoms. The number of hydrogen-bond donors (Lipinski definition) is 1. The molecule has 1 aliphatic carbocycles. The van der Waals surface area contributed by atoms with Crippen molar-refractivity contribution in [3.8, 4) is 0 Å². The van der Waals surface area contributed by atoms with Crippen LogP contribution in [0.15, 0.2) is 28.8 Å². The highest BCUT2D eigenvalue weighted by Gasteiger charge is 2.45. The lowest BCUT2D eigenvalue weighted by atomic mass is 9.64. The molecule has 0 bridgehead atoms. The number of aromatic nitrogens is 2. The molecule has 1 saturated heterocycles. The Morgan fingerprint density at radius 1 is 1.30 bits per heavy atom. The zero-order valence-electron chi connectivity index (χ0n) is 12.6. The number of ether oxygens (including phenoxy) is 1. The Morgan fingerprint density at radius 3 is 2.83 bits per heavy atom. The first-order chi connectivity index (χ1) is 10.8. The van der Waals surface area contributed by atoms with E-state index < -0.39 is 0 Å². The van der Waals surface area contributed by atoms with Gasteiger partial charge in [0.2, 0.25) is 5.89 Å². The van der Waals surface area contributed by atoms with Crippen molar-refractivity contribution in [1.29, 1.82) is 0 Å². The maximum Gasteiger partial charge on any atom is 0.237 e. The molecule has 1 aliphatic heterocycles. The summed E-state index contributed by atoms with van der Waals surface area (Å²) in [5, 5.41) is 7.43. The highest BCUT2D eigenvalue weighted by atomic mass is 35.5. The zero-order valence-corrected chi connectivity index (χ0v) is 13.4. The first kappa shape index (κ1) is 16.4. The first-order valence-electron chi connectivity index (χ1n) is 7.69. The van der Waals surface area contributed by atoms with Crippen LogP contribution in [0.25, 0.3) is 0 Å². The molecule has 0 radical (unpaired) electrons. The van der Waals surface area contributed by atoms with E-state index in [9.17, 15) is 4.39 Å². The van der Waals surface area contributed by atoms with E-state index >= 15 is 0 Å². The highest BCUT2D eigenvalue weighted by Crippen LogP contribution is 2.48. The van der Waals surface area contributed by atoms with Gasteiger partial charge in [0.15, 0.2) is 5.82 Å². The zero-order chi connectivity index (χ0) is 15.0. The number of halogens is 2. The number of morpholine rings is 1. The summed E-state index contributed by atoms with van der Waals surface area (Å²) in [4.78, 5) is 4.59. The summed E-state index contributed by atoms with van der Waals surface area (Å²) in [6.45, 7) is 2.03. The molecule has 1 aromatic heterocycles. The van der Waals surface area contributed by atoms with Gasteiger partial charge < -0.3 is 14.6 Å². The molecule has 0 amide bonds. The average molecular weight is 340 g/mol. The molecule has 2 heterocycles. The molecule has 1 N–H and O–H groups in total. The maximum absolute atomic E-state index is 13.6. The number of hydrogen-bond acceptors (Lipinski definition) is 5. The van der Waals surface area contributed by atoms with Crippen LogP contribution in [0.1, 0.15) is 42.6 Å². The summed E-state index contributed by atoms with van der Waals surface area (Å²) < 4.78 is 24.6. The van der Waals surface area contributed by atoms with E-state index in [0.717, 1.165) is 31.4 Å². The van der Waals surface area contributed by atoms with Crippen LogP contribution in [-0.2, 0) is 10.2 Å². The Labute approximate surface area is 140 Å². The Balaban J connectivity index is 0.00000156. The van der Waals surface area contributed by atoms with Crippen molar-refractivity contribution in [1.82, 2.24) is 15.5 Å². The molecule has 2 aliphatic rings. The van der Waals surface area contributed by atoms with Gasteiger partial charge in [-0.05, 0) is 30.5 Å². The molecular weight excluding hydrogens is 321 g/mol. The van der Waals surface area contributed by atoms with Crippen LogP contribution in [0.3, 0.4) is 0 Å². The van der Waals surface area contributed by atoms with Gasteiger partial charge in [0.1, 0.15) is 5.82 Å². The molecule has 1 saturated carbocycles. The van der Waals surface area contributed by atoms with Gasteiger partial charge in [0.05, 0.1) is 24.7 Å². The molecule has 23 heavy (non-hydrogen) atoms. The van der Waals surface area contributed by atoms with Gasteiger partial charge in [-0.1, -0.05) is 23.7 Å². The predicted octanol–water partition coefficient (Wildman–Crippen LogP) is 2.76. The fourth-order valence-corrected chi connectivity index (χ4v) is 3.24. The van der Waals surface area contributed by atoms with Gasteiger partial charge in [-0.3, -0.25) is 0 Å². The third kappa shape index (κ3) is 2.86. The van der Waals surface area contributed by atoms with Crippen LogP contribution in [-0.4, -0.2) is 29.9 Å². The Hall–Kier alpha value is -1.50. The van der Waals surface area contributed by atoms with Crippen LogP contribution in [0, 0.1) is 5.82 Å². The van der Waals surface area contributed by atoms with Gasteiger partial charge in [-0.25, -0.2) is 4.39 Å². The monoisotopic (exact) mass is 339 g/mol. The van der Waals surface area contributed by atoms with E-state index in [2.05, 4.69) is 15.5 Å². The predicted molar refractivity (Wildman–Crippen MR) is 84.1 cm³/mol. The first-order valence-corrected chi connectivity index (χ1v) is 7.69. The molecular formula is C16H19ClFN3O2. The van der Waals surface area contributed by atoms with Crippen molar-refractivity contribution < 1.29 is 13.7 Å². The number of benzene rings is 1. The Morgan fingerprint density at radius 2 is 2.17 bits per heavy atom. The van der Waals surface area contributed by atoms with Crippen molar-refractivity contribution >= 4 is 12.4 Å². The van der Waals surface area contributed by atoms with Crippen LogP contribution < -0.4 is 5.32 Å². The second kappa shape index (κ2) is 6.55. The van der Waals surface area contributed by atoms with Gasteiger partial charge in [0.25, 0.3) is 0 Å². The van der Waals surface area contributed by atoms with Crippen molar-refractivity contribution in [2.45, 2.75) is 30.7 Å². The van der Waals surface area contributed by atoms with E-state index in [1.807, 2.05) is 6.07 Å². The lowest BCUT2D eigenvalue weighted by Gasteiger charge is -2.38. The summed E-state index contributed by atoms with van der Waals surface area (Å²) in [5.41, 5.74) is 0.588. The standard InChI is InChI=1S/C16H18FN3O2.ClH/c17-12-4-1-3-11(9-12)16(5-2-6-16)15-19-14(20-22-15)13-10-21-8-7-18-13;/h1,3-4,9,13,18H,2,5-8,10H2;1H. The molecule has 5 nitrogen and oxygen atoms in total. The van der Waals surface area contributed by atoms with E-state index in [4.69, 9.17) is 9.26 Å². The summed E-state index contributed by atoms with van der Waals surface area (Å²) >= 11 is 0. The Kier molecular flexibility index (Phi) is 4.66. The summed E-state index contributed by atoms with van der Waals surface area (Å²) in [7, 11) is 0. The molecule has 124 valence electrons. The summed E-state index contributed by atoms with van der Waals surface area (Å²) in [6.07, 6.45) is 2.90. The topological polar surface area (TPSA) is 60.2 Å². The minimum atomic E-state index is -0.330. The molecule has 1 aromatic carbocycles. The van der Waals surface area contributed by atoms with E-state index in [-0.39, 0.29) is 29.7 Å². The quantitative estimate of drug-likeness (QED) is 0.931. The molecule has 2 fully saturated rings.